The lowest BCUT2D eigenvalue weighted by Crippen LogP contribution is -2.20. The Hall–Kier alpha value is 0.0300. The monoisotopic (exact) mass is 212 g/mol. The van der Waals surface area contributed by atoms with Gasteiger partial charge in [-0.2, -0.15) is 0 Å². The van der Waals surface area contributed by atoms with E-state index in [2.05, 4.69) is 19.9 Å². The van der Waals surface area contributed by atoms with Crippen LogP contribution in [0, 0.1) is 17.8 Å². The summed E-state index contributed by atoms with van der Waals surface area (Å²) in [4.78, 5) is 0. The molecular weight excluding hydrogens is 192 g/mol. The van der Waals surface area contributed by atoms with Crippen molar-refractivity contribution >= 4 is 11.6 Å². The molecule has 1 saturated carbocycles. The van der Waals surface area contributed by atoms with Gasteiger partial charge in [0.2, 0.25) is 0 Å². The zero-order valence-electron chi connectivity index (χ0n) is 9.30. The molecule has 1 heteroatoms. The number of hydrogen-bond acceptors (Lipinski definition) is 0. The first-order chi connectivity index (χ1) is 6.65. The van der Waals surface area contributed by atoms with Crippen molar-refractivity contribution in [3.63, 3.8) is 0 Å². The molecule has 0 bridgehead atoms. The average Bonchev–Trinajstić information content (AvgIpc) is 2.50. The van der Waals surface area contributed by atoms with Crippen LogP contribution in [-0.2, 0) is 0 Å². The van der Waals surface area contributed by atoms with E-state index in [9.17, 15) is 0 Å². The molecule has 0 saturated heterocycles. The second-order valence-corrected chi connectivity index (χ2v) is 5.97. The summed E-state index contributed by atoms with van der Waals surface area (Å²) in [6.45, 7) is 4.80. The molecule has 0 heterocycles. The quantitative estimate of drug-likeness (QED) is 0.447. The molecule has 0 radical (unpaired) electrons. The Morgan fingerprint density at radius 3 is 2.29 bits per heavy atom. The molecule has 80 valence electrons. The normalized spacial score (nSPS) is 43.8. The molecule has 1 fully saturated rings. The maximum atomic E-state index is 6.12. The van der Waals surface area contributed by atoms with E-state index in [1.807, 2.05) is 0 Å². The summed E-state index contributed by atoms with van der Waals surface area (Å²) in [5.41, 5.74) is 1.67. The van der Waals surface area contributed by atoms with Gasteiger partial charge in [-0.3, -0.25) is 0 Å². The van der Waals surface area contributed by atoms with Crippen LogP contribution in [0.4, 0.5) is 0 Å². The molecule has 2 aliphatic rings. The van der Waals surface area contributed by atoms with Gasteiger partial charge in [0.05, 0.1) is 5.38 Å². The van der Waals surface area contributed by atoms with Crippen molar-refractivity contribution in [2.24, 2.45) is 17.8 Å². The summed E-state index contributed by atoms with van der Waals surface area (Å²) < 4.78 is 0. The van der Waals surface area contributed by atoms with Crippen LogP contribution in [-0.4, -0.2) is 5.38 Å². The molecule has 0 aliphatic heterocycles. The highest BCUT2D eigenvalue weighted by atomic mass is 35.5. The van der Waals surface area contributed by atoms with E-state index in [4.69, 9.17) is 11.6 Å². The average molecular weight is 213 g/mol. The SMILES string of the molecule is CC1CC(C)CC(C2=CC(Cl)CC2)C1. The van der Waals surface area contributed by atoms with Crippen LogP contribution in [0.3, 0.4) is 0 Å². The van der Waals surface area contributed by atoms with E-state index in [-0.39, 0.29) is 0 Å². The van der Waals surface area contributed by atoms with E-state index in [0.29, 0.717) is 5.38 Å². The number of allylic oxidation sites excluding steroid dienone is 2. The molecule has 3 unspecified atom stereocenters. The predicted molar refractivity (Wildman–Crippen MR) is 62.6 cm³/mol. The molecule has 0 spiro atoms. The molecule has 2 aliphatic carbocycles. The Balaban J connectivity index is 2.00. The van der Waals surface area contributed by atoms with E-state index >= 15 is 0 Å². The zero-order chi connectivity index (χ0) is 10.1. The van der Waals surface area contributed by atoms with Gasteiger partial charge in [-0.15, -0.1) is 11.6 Å². The molecule has 0 N–H and O–H groups in total. The molecular formula is C13H21Cl. The second-order valence-electron chi connectivity index (χ2n) is 5.41. The van der Waals surface area contributed by atoms with Gasteiger partial charge in [-0.25, -0.2) is 0 Å². The third-order valence-electron chi connectivity index (χ3n) is 3.81. The fourth-order valence-electron chi connectivity index (χ4n) is 3.29. The van der Waals surface area contributed by atoms with E-state index < -0.39 is 0 Å². The Labute approximate surface area is 92.7 Å². The third-order valence-corrected chi connectivity index (χ3v) is 4.15. The van der Waals surface area contributed by atoms with Crippen LogP contribution < -0.4 is 0 Å². The highest BCUT2D eigenvalue weighted by Crippen LogP contribution is 2.40. The molecule has 0 amide bonds. The lowest BCUT2D eigenvalue weighted by atomic mass is 9.73. The van der Waals surface area contributed by atoms with Crippen molar-refractivity contribution in [3.05, 3.63) is 11.6 Å². The van der Waals surface area contributed by atoms with Crippen LogP contribution in [0.2, 0.25) is 0 Å². The zero-order valence-corrected chi connectivity index (χ0v) is 10.1. The molecule has 0 nitrogen and oxygen atoms in total. The maximum absolute atomic E-state index is 6.12. The van der Waals surface area contributed by atoms with Crippen LogP contribution in [0.1, 0.15) is 46.0 Å². The van der Waals surface area contributed by atoms with Gasteiger partial charge >= 0.3 is 0 Å². The summed E-state index contributed by atoms with van der Waals surface area (Å²) in [6.07, 6.45) is 9.00. The van der Waals surface area contributed by atoms with Gasteiger partial charge in [0.25, 0.3) is 0 Å². The molecule has 2 rings (SSSR count). The fraction of sp³-hybridized carbons (Fsp3) is 0.846. The Bertz CT molecular complexity index is 221. The van der Waals surface area contributed by atoms with Crippen molar-refractivity contribution in [1.29, 1.82) is 0 Å². The lowest BCUT2D eigenvalue weighted by Gasteiger charge is -2.32. The van der Waals surface area contributed by atoms with Crippen LogP contribution >= 0.6 is 11.6 Å². The summed E-state index contributed by atoms with van der Waals surface area (Å²) in [7, 11) is 0. The van der Waals surface area contributed by atoms with Gasteiger partial charge in [-0.05, 0) is 49.9 Å². The molecule has 0 aromatic rings. The highest BCUT2D eigenvalue weighted by Gasteiger charge is 2.28. The second kappa shape index (κ2) is 4.26. The number of rotatable bonds is 1. The summed E-state index contributed by atoms with van der Waals surface area (Å²) in [6, 6.07) is 0. The molecule has 0 aromatic carbocycles. The summed E-state index contributed by atoms with van der Waals surface area (Å²) in [5, 5.41) is 0.331. The summed E-state index contributed by atoms with van der Waals surface area (Å²) >= 11 is 6.12. The highest BCUT2D eigenvalue weighted by molar-refractivity contribution is 6.22. The van der Waals surface area contributed by atoms with Crippen LogP contribution in [0.15, 0.2) is 11.6 Å². The van der Waals surface area contributed by atoms with Gasteiger partial charge < -0.3 is 0 Å². The summed E-state index contributed by atoms with van der Waals surface area (Å²) in [5.74, 6) is 2.69. The molecule has 14 heavy (non-hydrogen) atoms. The van der Waals surface area contributed by atoms with Gasteiger partial charge in [0, 0.05) is 0 Å². The fourth-order valence-corrected chi connectivity index (χ4v) is 3.56. The van der Waals surface area contributed by atoms with E-state index in [1.54, 1.807) is 5.57 Å². The first-order valence-electron chi connectivity index (χ1n) is 5.99. The van der Waals surface area contributed by atoms with E-state index in [1.165, 1.54) is 32.1 Å². The minimum atomic E-state index is 0.331. The maximum Gasteiger partial charge on any atom is 0.0521 e. The van der Waals surface area contributed by atoms with Gasteiger partial charge in [0.1, 0.15) is 0 Å². The number of alkyl halides is 1. The van der Waals surface area contributed by atoms with Gasteiger partial charge in [0.15, 0.2) is 0 Å². The number of halogens is 1. The minimum absolute atomic E-state index is 0.331. The largest absolute Gasteiger partial charge is 0.118 e. The van der Waals surface area contributed by atoms with Crippen molar-refractivity contribution in [2.75, 3.05) is 0 Å². The topological polar surface area (TPSA) is 0 Å². The van der Waals surface area contributed by atoms with Crippen molar-refractivity contribution < 1.29 is 0 Å². The molecule has 3 atom stereocenters. The lowest BCUT2D eigenvalue weighted by molar-refractivity contribution is 0.242. The standard InChI is InChI=1S/C13H21Cl/c1-9-5-10(2)7-12(6-9)11-3-4-13(14)8-11/h8-10,12-13H,3-7H2,1-2H3. The smallest absolute Gasteiger partial charge is 0.0521 e. The third kappa shape index (κ3) is 2.34. The minimum Gasteiger partial charge on any atom is -0.118 e. The van der Waals surface area contributed by atoms with Gasteiger partial charge in [-0.1, -0.05) is 25.5 Å². The predicted octanol–water partition coefficient (Wildman–Crippen LogP) is 4.39. The van der Waals surface area contributed by atoms with Crippen molar-refractivity contribution in [3.8, 4) is 0 Å². The van der Waals surface area contributed by atoms with Crippen molar-refractivity contribution in [1.82, 2.24) is 0 Å². The van der Waals surface area contributed by atoms with Crippen molar-refractivity contribution in [2.45, 2.75) is 51.3 Å². The Kier molecular flexibility index (Phi) is 3.21. The van der Waals surface area contributed by atoms with E-state index in [0.717, 1.165) is 17.8 Å². The first-order valence-corrected chi connectivity index (χ1v) is 6.43. The van der Waals surface area contributed by atoms with Crippen LogP contribution in [0.5, 0.6) is 0 Å². The first kappa shape index (κ1) is 10.5. The Morgan fingerprint density at radius 2 is 1.79 bits per heavy atom. The Morgan fingerprint density at radius 1 is 1.14 bits per heavy atom. The van der Waals surface area contributed by atoms with Crippen LogP contribution in [0.25, 0.3) is 0 Å². The molecule has 0 aromatic heterocycles. The number of hydrogen-bond donors (Lipinski definition) is 0.